The van der Waals surface area contributed by atoms with Crippen molar-refractivity contribution < 1.29 is 14.3 Å². The van der Waals surface area contributed by atoms with Crippen LogP contribution in [0.5, 0.6) is 5.75 Å². The minimum absolute atomic E-state index is 0.196. The first-order valence-electron chi connectivity index (χ1n) is 11.4. The van der Waals surface area contributed by atoms with Gasteiger partial charge < -0.3 is 9.64 Å². The van der Waals surface area contributed by atoms with Gasteiger partial charge in [-0.15, -0.1) is 0 Å². The van der Waals surface area contributed by atoms with E-state index in [-0.39, 0.29) is 5.78 Å². The number of rotatable bonds is 4. The summed E-state index contributed by atoms with van der Waals surface area (Å²) in [5, 5.41) is 21.5. The Morgan fingerprint density at radius 2 is 1.69 bits per heavy atom. The minimum Gasteiger partial charge on any atom is -0.427 e. The summed E-state index contributed by atoms with van der Waals surface area (Å²) in [7, 11) is 0. The van der Waals surface area contributed by atoms with E-state index in [4.69, 9.17) is 16.3 Å². The predicted molar refractivity (Wildman–Crippen MR) is 135 cm³/mol. The number of nitriles is 2. The lowest BCUT2D eigenvalue weighted by Crippen LogP contribution is -2.44. The average molecular weight is 494 g/mol. The van der Waals surface area contributed by atoms with Crippen LogP contribution in [-0.4, -0.2) is 23.8 Å². The summed E-state index contributed by atoms with van der Waals surface area (Å²) in [5.41, 5.74) is 1.09. The van der Waals surface area contributed by atoms with Crippen LogP contribution in [0.2, 0.25) is 5.02 Å². The zero-order valence-electron chi connectivity index (χ0n) is 19.3. The second-order valence-electron chi connectivity index (χ2n) is 8.82. The lowest BCUT2D eigenvalue weighted by atomic mass is 9.69. The highest BCUT2D eigenvalue weighted by Gasteiger charge is 2.63. The SMILES string of the molecule is CC(=O)Oc1ccc([C@H]2[C@H](C(=O)c3ccccc3)N3c4ccc(Cl)cc4C=C[C@H]3C2(C#N)C#N)cc1. The van der Waals surface area contributed by atoms with Gasteiger partial charge >= 0.3 is 5.97 Å². The fourth-order valence-corrected chi connectivity index (χ4v) is 5.50. The largest absolute Gasteiger partial charge is 0.427 e. The highest BCUT2D eigenvalue weighted by molar-refractivity contribution is 6.30. The van der Waals surface area contributed by atoms with E-state index in [0.29, 0.717) is 21.9 Å². The molecule has 0 amide bonds. The van der Waals surface area contributed by atoms with E-state index in [9.17, 15) is 20.1 Å². The Bertz CT molecular complexity index is 1450. The molecule has 2 aliphatic heterocycles. The van der Waals surface area contributed by atoms with Gasteiger partial charge in [0.25, 0.3) is 0 Å². The van der Waals surface area contributed by atoms with Crippen LogP contribution in [0.1, 0.15) is 34.3 Å². The van der Waals surface area contributed by atoms with Crippen LogP contribution in [0.4, 0.5) is 5.69 Å². The third-order valence-electron chi connectivity index (χ3n) is 6.80. The maximum absolute atomic E-state index is 14.1. The van der Waals surface area contributed by atoms with Crippen LogP contribution < -0.4 is 9.64 Å². The lowest BCUT2D eigenvalue weighted by molar-refractivity contribution is -0.131. The number of hydrogen-bond donors (Lipinski definition) is 0. The van der Waals surface area contributed by atoms with Crippen LogP contribution in [0.25, 0.3) is 6.08 Å². The van der Waals surface area contributed by atoms with E-state index in [0.717, 1.165) is 11.3 Å². The highest BCUT2D eigenvalue weighted by atomic mass is 35.5. The molecule has 36 heavy (non-hydrogen) atoms. The predicted octanol–water partition coefficient (Wildman–Crippen LogP) is 5.55. The Morgan fingerprint density at radius 3 is 2.33 bits per heavy atom. The molecule has 0 unspecified atom stereocenters. The van der Waals surface area contributed by atoms with E-state index in [1.165, 1.54) is 6.92 Å². The maximum Gasteiger partial charge on any atom is 0.308 e. The lowest BCUT2D eigenvalue weighted by Gasteiger charge is -2.35. The second-order valence-corrected chi connectivity index (χ2v) is 9.26. The van der Waals surface area contributed by atoms with Gasteiger partial charge in [0.2, 0.25) is 0 Å². The van der Waals surface area contributed by atoms with Gasteiger partial charge in [0.15, 0.2) is 11.2 Å². The first kappa shape index (κ1) is 23.4. The Kier molecular flexibility index (Phi) is 5.84. The molecule has 0 spiro atoms. The molecule has 0 radical (unpaired) electrons. The molecule has 2 aliphatic rings. The zero-order valence-corrected chi connectivity index (χ0v) is 20.0. The molecule has 0 N–H and O–H groups in total. The first-order chi connectivity index (χ1) is 17.4. The van der Waals surface area contributed by atoms with Crippen molar-refractivity contribution in [3.63, 3.8) is 0 Å². The molecule has 0 bridgehead atoms. The van der Waals surface area contributed by atoms with Crippen LogP contribution in [-0.2, 0) is 4.79 Å². The van der Waals surface area contributed by atoms with Crippen molar-refractivity contribution in [2.24, 2.45) is 5.41 Å². The fraction of sp³-hybridized carbons (Fsp3) is 0.172. The van der Waals surface area contributed by atoms with Gasteiger partial charge in [-0.05, 0) is 41.5 Å². The number of carbonyl (C=O) groups excluding carboxylic acids is 2. The van der Waals surface area contributed by atoms with Crippen molar-refractivity contribution >= 4 is 35.1 Å². The number of nitrogens with zero attached hydrogens (tertiary/aromatic N) is 3. The summed E-state index contributed by atoms with van der Waals surface area (Å²) < 4.78 is 5.16. The van der Waals surface area contributed by atoms with Gasteiger partial charge in [-0.2, -0.15) is 10.5 Å². The molecule has 0 saturated carbocycles. The normalized spacial score (nSPS) is 21.0. The number of fused-ring (bicyclic) bond motifs is 3. The number of benzene rings is 3. The molecule has 5 rings (SSSR count). The molecule has 1 fully saturated rings. The van der Waals surface area contributed by atoms with E-state index < -0.39 is 29.4 Å². The summed E-state index contributed by atoms with van der Waals surface area (Å²) in [4.78, 5) is 27.4. The maximum atomic E-state index is 14.1. The number of anilines is 1. The van der Waals surface area contributed by atoms with Gasteiger partial charge in [-0.3, -0.25) is 9.59 Å². The molecule has 0 aliphatic carbocycles. The number of halogens is 1. The molecule has 3 aromatic carbocycles. The highest BCUT2D eigenvalue weighted by Crippen LogP contribution is 2.55. The molecule has 0 aromatic heterocycles. The molecule has 2 heterocycles. The molecule has 176 valence electrons. The van der Waals surface area contributed by atoms with E-state index in [1.807, 2.05) is 29.2 Å². The van der Waals surface area contributed by atoms with Crippen molar-refractivity contribution in [1.82, 2.24) is 0 Å². The number of ether oxygens (including phenoxy) is 1. The quantitative estimate of drug-likeness (QED) is 0.269. The summed E-state index contributed by atoms with van der Waals surface area (Å²) in [6, 6.07) is 23.9. The van der Waals surface area contributed by atoms with Crippen LogP contribution in [0.3, 0.4) is 0 Å². The average Bonchev–Trinajstić information content (AvgIpc) is 3.19. The first-order valence-corrected chi connectivity index (χ1v) is 11.7. The molecular weight excluding hydrogens is 474 g/mol. The number of ketones is 1. The Labute approximate surface area is 213 Å². The van der Waals surface area contributed by atoms with Crippen LogP contribution in [0.15, 0.2) is 78.9 Å². The molecule has 7 heteroatoms. The topological polar surface area (TPSA) is 94.2 Å². The smallest absolute Gasteiger partial charge is 0.308 e. The molecular formula is C29H20ClN3O3. The van der Waals surface area contributed by atoms with Gasteiger partial charge in [-0.25, -0.2) is 0 Å². The van der Waals surface area contributed by atoms with Crippen molar-refractivity contribution in [2.75, 3.05) is 4.90 Å². The molecule has 3 aromatic rings. The van der Waals surface area contributed by atoms with Gasteiger partial charge in [-0.1, -0.05) is 66.2 Å². The molecule has 3 atom stereocenters. The standard InChI is InChI=1S/C29H20ClN3O3/c1-18(34)36-23-11-7-19(8-12-23)26-27(28(35)20-5-3-2-4-6-20)33-24-13-10-22(30)15-21(24)9-14-25(33)29(26,16-31)17-32/h2-15,25-27H,1H3/t25-,26-,27+/m0/s1. The number of Topliss-reactive ketones (excluding diaryl/α,β-unsaturated/α-hetero) is 1. The summed E-state index contributed by atoms with van der Waals surface area (Å²) in [6.45, 7) is 1.31. The van der Waals surface area contributed by atoms with Crippen molar-refractivity contribution in [3.8, 4) is 17.9 Å². The van der Waals surface area contributed by atoms with Crippen LogP contribution in [0, 0.1) is 28.1 Å². The third-order valence-corrected chi connectivity index (χ3v) is 7.03. The van der Waals surface area contributed by atoms with E-state index >= 15 is 0 Å². The van der Waals surface area contributed by atoms with Crippen molar-refractivity contribution in [2.45, 2.75) is 24.9 Å². The van der Waals surface area contributed by atoms with Gasteiger partial charge in [0, 0.05) is 29.1 Å². The third kappa shape index (κ3) is 3.64. The fourth-order valence-electron chi connectivity index (χ4n) is 5.32. The molecule has 6 nitrogen and oxygen atoms in total. The summed E-state index contributed by atoms with van der Waals surface area (Å²) in [5.74, 6) is -1.10. The van der Waals surface area contributed by atoms with E-state index in [1.54, 1.807) is 60.7 Å². The monoisotopic (exact) mass is 493 g/mol. The number of esters is 1. The number of carbonyl (C=O) groups is 2. The Balaban J connectivity index is 1.73. The molecule has 1 saturated heterocycles. The minimum atomic E-state index is -1.56. The van der Waals surface area contributed by atoms with Crippen LogP contribution >= 0.6 is 11.6 Å². The Hall–Kier alpha value is -4.39. The zero-order chi connectivity index (χ0) is 25.4. The Morgan fingerprint density at radius 1 is 1.00 bits per heavy atom. The van der Waals surface area contributed by atoms with Crippen molar-refractivity contribution in [1.29, 1.82) is 10.5 Å². The van der Waals surface area contributed by atoms with Crippen molar-refractivity contribution in [3.05, 3.63) is 101 Å². The van der Waals surface area contributed by atoms with Gasteiger partial charge in [0.05, 0.1) is 18.2 Å². The van der Waals surface area contributed by atoms with Gasteiger partial charge in [0.1, 0.15) is 11.8 Å². The second kappa shape index (κ2) is 9.00. The number of hydrogen-bond acceptors (Lipinski definition) is 6. The summed E-state index contributed by atoms with van der Waals surface area (Å²) in [6.07, 6.45) is 3.66. The summed E-state index contributed by atoms with van der Waals surface area (Å²) >= 11 is 6.24. The van der Waals surface area contributed by atoms with E-state index in [2.05, 4.69) is 12.1 Å².